The second-order valence-electron chi connectivity index (χ2n) is 3.58. The van der Waals surface area contributed by atoms with Gasteiger partial charge >= 0.3 is 12.0 Å². The molecule has 18 heavy (non-hydrogen) atoms. The van der Waals surface area contributed by atoms with Gasteiger partial charge in [0.15, 0.2) is 6.61 Å². The number of urea groups is 1. The van der Waals surface area contributed by atoms with Crippen LogP contribution in [-0.2, 0) is 16.2 Å². The summed E-state index contributed by atoms with van der Waals surface area (Å²) in [4.78, 5) is 27.2. The van der Waals surface area contributed by atoms with E-state index in [0.717, 1.165) is 0 Å². The largest absolute Gasteiger partial charge is 0.479 e. The summed E-state index contributed by atoms with van der Waals surface area (Å²) in [6, 6.07) is 5.21. The van der Waals surface area contributed by atoms with Crippen molar-refractivity contribution in [3.05, 3.63) is 35.6 Å². The van der Waals surface area contributed by atoms with E-state index in [1.165, 1.54) is 30.1 Å². The summed E-state index contributed by atoms with van der Waals surface area (Å²) in [5.41, 5.74) is 2.58. The van der Waals surface area contributed by atoms with Crippen molar-refractivity contribution in [3.8, 4) is 0 Å². The lowest BCUT2D eigenvalue weighted by atomic mass is 10.2. The summed E-state index contributed by atoms with van der Waals surface area (Å²) in [5, 5.41) is 8.30. The number of nitrogens with one attached hydrogen (secondary N) is 1. The van der Waals surface area contributed by atoms with Crippen molar-refractivity contribution in [3.63, 3.8) is 0 Å². The van der Waals surface area contributed by atoms with Gasteiger partial charge in [-0.25, -0.2) is 19.5 Å². The average Bonchev–Trinajstić information content (AvgIpc) is 2.28. The van der Waals surface area contributed by atoms with Crippen molar-refractivity contribution in [2.24, 2.45) is 0 Å². The van der Waals surface area contributed by atoms with Crippen LogP contribution in [0.3, 0.4) is 0 Å². The molecule has 0 fully saturated rings. The first kappa shape index (κ1) is 13.9. The molecule has 0 aliphatic rings. The van der Waals surface area contributed by atoms with Gasteiger partial charge in [0.1, 0.15) is 5.82 Å². The normalized spacial score (nSPS) is 9.89. The first-order valence-electron chi connectivity index (χ1n) is 5.08. The summed E-state index contributed by atoms with van der Waals surface area (Å²) in [7, 11) is 1.48. The van der Waals surface area contributed by atoms with E-state index >= 15 is 0 Å². The number of carboxylic acids is 1. The minimum atomic E-state index is -1.19. The Morgan fingerprint density at radius 1 is 1.50 bits per heavy atom. The number of carbonyl (C=O) groups is 2. The van der Waals surface area contributed by atoms with Crippen LogP contribution in [0.25, 0.3) is 0 Å². The fraction of sp³-hybridized carbons (Fsp3) is 0.273. The number of hydrogen-bond donors (Lipinski definition) is 2. The molecule has 2 N–H and O–H groups in total. The van der Waals surface area contributed by atoms with Gasteiger partial charge in [0, 0.05) is 13.6 Å². The first-order valence-corrected chi connectivity index (χ1v) is 5.08. The SMILES string of the molecule is CN(Cc1cccc(F)c1)C(=O)NOCC(=O)O. The van der Waals surface area contributed by atoms with Crippen molar-refractivity contribution in [1.82, 2.24) is 10.4 Å². The van der Waals surface area contributed by atoms with Crippen molar-refractivity contribution in [1.29, 1.82) is 0 Å². The molecular weight excluding hydrogens is 243 g/mol. The lowest BCUT2D eigenvalue weighted by Crippen LogP contribution is -2.37. The van der Waals surface area contributed by atoms with Crippen LogP contribution in [-0.4, -0.2) is 35.7 Å². The monoisotopic (exact) mass is 256 g/mol. The quantitative estimate of drug-likeness (QED) is 0.770. The van der Waals surface area contributed by atoms with Gasteiger partial charge in [-0.05, 0) is 17.7 Å². The summed E-state index contributed by atoms with van der Waals surface area (Å²) in [5.74, 6) is -1.58. The van der Waals surface area contributed by atoms with Crippen LogP contribution in [0.15, 0.2) is 24.3 Å². The van der Waals surface area contributed by atoms with E-state index in [0.29, 0.717) is 5.56 Å². The zero-order valence-corrected chi connectivity index (χ0v) is 9.72. The van der Waals surface area contributed by atoms with E-state index in [1.54, 1.807) is 6.07 Å². The molecular formula is C11H13FN2O4. The van der Waals surface area contributed by atoms with Crippen LogP contribution in [0.1, 0.15) is 5.56 Å². The molecule has 0 spiro atoms. The van der Waals surface area contributed by atoms with E-state index in [2.05, 4.69) is 4.84 Å². The van der Waals surface area contributed by atoms with Crippen molar-refractivity contribution < 1.29 is 23.9 Å². The van der Waals surface area contributed by atoms with Crippen LogP contribution < -0.4 is 5.48 Å². The molecule has 0 heterocycles. The lowest BCUT2D eigenvalue weighted by molar-refractivity contribution is -0.144. The van der Waals surface area contributed by atoms with E-state index < -0.39 is 18.6 Å². The van der Waals surface area contributed by atoms with E-state index in [-0.39, 0.29) is 12.4 Å². The summed E-state index contributed by atoms with van der Waals surface area (Å²) in [6.45, 7) is -0.445. The third-order valence-corrected chi connectivity index (χ3v) is 2.01. The zero-order chi connectivity index (χ0) is 13.5. The van der Waals surface area contributed by atoms with Crippen LogP contribution in [0.2, 0.25) is 0 Å². The molecule has 0 aliphatic carbocycles. The molecule has 0 saturated heterocycles. The number of carboxylic acid groups (broad SMARTS) is 1. The van der Waals surface area contributed by atoms with Gasteiger partial charge in [0.05, 0.1) is 0 Å². The number of hydrogen-bond acceptors (Lipinski definition) is 3. The van der Waals surface area contributed by atoms with Gasteiger partial charge in [0.2, 0.25) is 0 Å². The highest BCUT2D eigenvalue weighted by Gasteiger charge is 2.10. The molecule has 0 radical (unpaired) electrons. The standard InChI is InChI=1S/C11H13FN2O4/c1-14(11(17)13-18-7-10(15)16)6-8-3-2-4-9(12)5-8/h2-5H,6-7H2,1H3,(H,13,17)(H,15,16). The highest BCUT2D eigenvalue weighted by molar-refractivity contribution is 5.73. The number of halogens is 1. The smallest absolute Gasteiger partial charge is 0.341 e. The fourth-order valence-electron chi connectivity index (χ4n) is 1.22. The van der Waals surface area contributed by atoms with E-state index in [9.17, 15) is 14.0 Å². The molecule has 0 unspecified atom stereocenters. The maximum absolute atomic E-state index is 12.9. The molecule has 2 amide bonds. The first-order chi connectivity index (χ1) is 8.49. The molecule has 7 heteroatoms. The molecule has 0 saturated carbocycles. The Hall–Kier alpha value is -2.15. The minimum Gasteiger partial charge on any atom is -0.479 e. The van der Waals surface area contributed by atoms with Gasteiger partial charge < -0.3 is 10.0 Å². The van der Waals surface area contributed by atoms with Crippen LogP contribution in [0.5, 0.6) is 0 Å². The van der Waals surface area contributed by atoms with Gasteiger partial charge in [-0.3, -0.25) is 4.84 Å². The third-order valence-electron chi connectivity index (χ3n) is 2.01. The second kappa shape index (κ2) is 6.55. The topological polar surface area (TPSA) is 78.9 Å². The Morgan fingerprint density at radius 3 is 2.83 bits per heavy atom. The van der Waals surface area contributed by atoms with Gasteiger partial charge in [0.25, 0.3) is 0 Å². The van der Waals surface area contributed by atoms with Gasteiger partial charge in [-0.1, -0.05) is 12.1 Å². The number of carbonyl (C=O) groups excluding carboxylic acids is 1. The van der Waals surface area contributed by atoms with Crippen LogP contribution >= 0.6 is 0 Å². The summed E-state index contributed by atoms with van der Waals surface area (Å²) >= 11 is 0. The van der Waals surface area contributed by atoms with Crippen molar-refractivity contribution >= 4 is 12.0 Å². The molecule has 98 valence electrons. The minimum absolute atomic E-state index is 0.181. The number of rotatable bonds is 5. The fourth-order valence-corrected chi connectivity index (χ4v) is 1.22. The van der Waals surface area contributed by atoms with E-state index in [4.69, 9.17) is 5.11 Å². The molecule has 6 nitrogen and oxygen atoms in total. The molecule has 0 bridgehead atoms. The number of benzene rings is 1. The predicted molar refractivity (Wildman–Crippen MR) is 60.0 cm³/mol. The van der Waals surface area contributed by atoms with E-state index in [1.807, 2.05) is 5.48 Å². The van der Waals surface area contributed by atoms with Crippen molar-refractivity contribution in [2.75, 3.05) is 13.7 Å². The lowest BCUT2D eigenvalue weighted by Gasteiger charge is -2.17. The Morgan fingerprint density at radius 2 is 2.22 bits per heavy atom. The highest BCUT2D eigenvalue weighted by atomic mass is 19.1. The molecule has 1 aromatic carbocycles. The average molecular weight is 256 g/mol. The molecule has 0 atom stereocenters. The maximum atomic E-state index is 12.9. The Labute approximate surface area is 103 Å². The highest BCUT2D eigenvalue weighted by Crippen LogP contribution is 2.06. The summed E-state index contributed by atoms with van der Waals surface area (Å²) < 4.78 is 12.9. The van der Waals surface area contributed by atoms with Crippen LogP contribution in [0, 0.1) is 5.82 Å². The molecule has 1 aromatic rings. The van der Waals surface area contributed by atoms with Gasteiger partial charge in [-0.2, -0.15) is 0 Å². The predicted octanol–water partition coefficient (Wildman–Crippen LogP) is 0.983. The molecule has 1 rings (SSSR count). The molecule has 0 aromatic heterocycles. The second-order valence-corrected chi connectivity index (χ2v) is 3.58. The Bertz CT molecular complexity index is 439. The van der Waals surface area contributed by atoms with Gasteiger partial charge in [-0.15, -0.1) is 0 Å². The third kappa shape index (κ3) is 4.79. The Kier molecular flexibility index (Phi) is 5.06. The number of nitrogens with zero attached hydrogens (tertiary/aromatic N) is 1. The number of aliphatic carboxylic acids is 1. The number of hydroxylamine groups is 1. The molecule has 0 aliphatic heterocycles. The van der Waals surface area contributed by atoms with Crippen molar-refractivity contribution in [2.45, 2.75) is 6.54 Å². The Balaban J connectivity index is 2.42. The maximum Gasteiger partial charge on any atom is 0.341 e. The summed E-state index contributed by atoms with van der Waals surface area (Å²) in [6.07, 6.45) is 0. The van der Waals surface area contributed by atoms with Crippen LogP contribution in [0.4, 0.5) is 9.18 Å². The zero-order valence-electron chi connectivity index (χ0n) is 9.72. The number of amides is 2.